The van der Waals surface area contributed by atoms with Gasteiger partial charge in [0.1, 0.15) is 0 Å². The molecule has 0 bridgehead atoms. The molecule has 2 unspecified atom stereocenters. The SMILES string of the molecule is CCCCCCCCCC(O)c1cc(C(=O)O)c(C(O)CCCCCCCCC)cc1C(=O)O. The zero-order chi connectivity index (χ0) is 25.3. The van der Waals surface area contributed by atoms with Gasteiger partial charge < -0.3 is 20.4 Å². The van der Waals surface area contributed by atoms with Gasteiger partial charge in [-0.2, -0.15) is 0 Å². The molecule has 0 radical (unpaired) electrons. The molecule has 34 heavy (non-hydrogen) atoms. The highest BCUT2D eigenvalue weighted by Gasteiger charge is 2.25. The largest absolute Gasteiger partial charge is 0.478 e. The Bertz CT molecular complexity index is 668. The van der Waals surface area contributed by atoms with E-state index in [0.717, 1.165) is 51.4 Å². The topological polar surface area (TPSA) is 115 Å². The lowest BCUT2D eigenvalue weighted by atomic mass is 9.89. The van der Waals surface area contributed by atoms with Gasteiger partial charge in [0.2, 0.25) is 0 Å². The van der Waals surface area contributed by atoms with E-state index in [1.54, 1.807) is 0 Å². The number of aliphatic hydroxyl groups is 2. The second-order valence-corrected chi connectivity index (χ2v) is 9.49. The first kappa shape index (κ1) is 30.1. The predicted octanol–water partition coefficient (Wildman–Crippen LogP) is 7.43. The number of unbranched alkanes of at least 4 members (excludes halogenated alkanes) is 12. The Morgan fingerprint density at radius 1 is 0.588 bits per heavy atom. The van der Waals surface area contributed by atoms with Gasteiger partial charge in [-0.05, 0) is 36.1 Å². The lowest BCUT2D eigenvalue weighted by Crippen LogP contribution is -2.15. The summed E-state index contributed by atoms with van der Waals surface area (Å²) in [7, 11) is 0. The maximum Gasteiger partial charge on any atom is 0.336 e. The van der Waals surface area contributed by atoms with Crippen LogP contribution in [0.1, 0.15) is 161 Å². The molecule has 1 aromatic rings. The number of rotatable bonds is 20. The molecule has 1 rings (SSSR count). The number of aliphatic hydroxyl groups excluding tert-OH is 2. The van der Waals surface area contributed by atoms with Gasteiger partial charge in [-0.3, -0.25) is 0 Å². The molecule has 0 saturated carbocycles. The number of aromatic carboxylic acids is 2. The Labute approximate surface area is 205 Å². The van der Waals surface area contributed by atoms with Gasteiger partial charge in [-0.1, -0.05) is 104 Å². The Morgan fingerprint density at radius 2 is 0.882 bits per heavy atom. The fraction of sp³-hybridized carbons (Fsp3) is 0.714. The van der Waals surface area contributed by atoms with Crippen LogP contribution in [0.2, 0.25) is 0 Å². The minimum atomic E-state index is -1.23. The van der Waals surface area contributed by atoms with Gasteiger partial charge in [0.05, 0.1) is 23.3 Å². The molecule has 0 aliphatic heterocycles. The Kier molecular flexibility index (Phi) is 15.5. The molecule has 0 aliphatic rings. The van der Waals surface area contributed by atoms with Crippen LogP contribution in [0.3, 0.4) is 0 Å². The van der Waals surface area contributed by atoms with Crippen molar-refractivity contribution in [1.82, 2.24) is 0 Å². The lowest BCUT2D eigenvalue weighted by Gasteiger charge is -2.19. The average molecular weight is 479 g/mol. The maximum absolute atomic E-state index is 11.9. The molecule has 0 aliphatic carbocycles. The highest BCUT2D eigenvalue weighted by Crippen LogP contribution is 2.31. The van der Waals surface area contributed by atoms with Crippen LogP contribution in [0.4, 0.5) is 0 Å². The number of hydrogen-bond donors (Lipinski definition) is 4. The summed E-state index contributed by atoms with van der Waals surface area (Å²) in [6.07, 6.45) is 13.7. The van der Waals surface area contributed by atoms with Crippen LogP contribution in [-0.2, 0) is 0 Å². The molecule has 1 aromatic carbocycles. The van der Waals surface area contributed by atoms with E-state index < -0.39 is 24.1 Å². The van der Waals surface area contributed by atoms with Gasteiger partial charge in [0, 0.05) is 0 Å². The van der Waals surface area contributed by atoms with E-state index in [1.807, 2.05) is 0 Å². The van der Waals surface area contributed by atoms with Gasteiger partial charge in [0.15, 0.2) is 0 Å². The van der Waals surface area contributed by atoms with Gasteiger partial charge in [-0.15, -0.1) is 0 Å². The second-order valence-electron chi connectivity index (χ2n) is 9.49. The van der Waals surface area contributed by atoms with Crippen LogP contribution in [-0.4, -0.2) is 32.4 Å². The zero-order valence-electron chi connectivity index (χ0n) is 21.2. The Balaban J connectivity index is 2.82. The number of carboxylic acid groups (broad SMARTS) is 2. The van der Waals surface area contributed by atoms with Crippen LogP contribution in [0, 0.1) is 0 Å². The first-order chi connectivity index (χ1) is 16.3. The highest BCUT2D eigenvalue weighted by molar-refractivity contribution is 5.95. The van der Waals surface area contributed by atoms with E-state index in [1.165, 1.54) is 50.7 Å². The number of hydrogen-bond acceptors (Lipinski definition) is 4. The van der Waals surface area contributed by atoms with E-state index >= 15 is 0 Å². The smallest absolute Gasteiger partial charge is 0.336 e. The fourth-order valence-corrected chi connectivity index (χ4v) is 4.46. The molecule has 6 heteroatoms. The van der Waals surface area contributed by atoms with E-state index in [2.05, 4.69) is 13.8 Å². The van der Waals surface area contributed by atoms with Crippen molar-refractivity contribution in [2.45, 2.75) is 129 Å². The summed E-state index contributed by atoms with van der Waals surface area (Å²) in [4.78, 5) is 23.8. The van der Waals surface area contributed by atoms with Crippen molar-refractivity contribution in [3.05, 3.63) is 34.4 Å². The monoisotopic (exact) mass is 478 g/mol. The van der Waals surface area contributed by atoms with Crippen LogP contribution < -0.4 is 0 Å². The molecule has 0 fully saturated rings. The van der Waals surface area contributed by atoms with Crippen molar-refractivity contribution < 1.29 is 30.0 Å². The summed E-state index contributed by atoms with van der Waals surface area (Å²) in [5.74, 6) is -2.45. The van der Waals surface area contributed by atoms with Crippen molar-refractivity contribution in [2.24, 2.45) is 0 Å². The molecule has 194 valence electrons. The zero-order valence-corrected chi connectivity index (χ0v) is 21.2. The number of carbonyl (C=O) groups is 2. The van der Waals surface area contributed by atoms with Crippen LogP contribution in [0.5, 0.6) is 0 Å². The molecular formula is C28H46O6. The third-order valence-corrected chi connectivity index (χ3v) is 6.56. The molecule has 0 saturated heterocycles. The fourth-order valence-electron chi connectivity index (χ4n) is 4.46. The average Bonchev–Trinajstić information content (AvgIpc) is 2.81. The summed E-state index contributed by atoms with van der Waals surface area (Å²) in [5, 5.41) is 40.8. The molecule has 0 amide bonds. The standard InChI is InChI=1S/C28H46O6/c1-3-5-7-9-11-13-15-17-25(29)21-19-24(28(33)34)22(20-23(21)27(31)32)26(30)18-16-14-12-10-8-6-4-2/h19-20,25-26,29-30H,3-18H2,1-2H3,(H,31,32)(H,33,34). The third-order valence-electron chi connectivity index (χ3n) is 6.56. The quantitative estimate of drug-likeness (QED) is 0.145. The third kappa shape index (κ3) is 11.0. The lowest BCUT2D eigenvalue weighted by molar-refractivity contribution is 0.0667. The normalized spacial score (nSPS) is 13.1. The molecule has 2 atom stereocenters. The molecule has 0 heterocycles. The summed E-state index contributed by atoms with van der Waals surface area (Å²) in [6.45, 7) is 4.34. The molecule has 0 spiro atoms. The van der Waals surface area contributed by atoms with E-state index in [4.69, 9.17) is 0 Å². The minimum Gasteiger partial charge on any atom is -0.478 e. The van der Waals surface area contributed by atoms with Crippen molar-refractivity contribution in [2.75, 3.05) is 0 Å². The maximum atomic E-state index is 11.9. The van der Waals surface area contributed by atoms with Crippen molar-refractivity contribution in [1.29, 1.82) is 0 Å². The van der Waals surface area contributed by atoms with Crippen molar-refractivity contribution >= 4 is 11.9 Å². The van der Waals surface area contributed by atoms with Crippen LogP contribution in [0.25, 0.3) is 0 Å². The molecular weight excluding hydrogens is 432 g/mol. The van der Waals surface area contributed by atoms with Gasteiger partial charge >= 0.3 is 11.9 Å². The Morgan fingerprint density at radius 3 is 1.18 bits per heavy atom. The van der Waals surface area contributed by atoms with E-state index in [0.29, 0.717) is 12.8 Å². The first-order valence-electron chi connectivity index (χ1n) is 13.3. The summed E-state index contributed by atoms with van der Waals surface area (Å²) >= 11 is 0. The first-order valence-corrected chi connectivity index (χ1v) is 13.3. The van der Waals surface area contributed by atoms with E-state index in [-0.39, 0.29) is 22.3 Å². The summed E-state index contributed by atoms with van der Waals surface area (Å²) in [5.41, 5.74) is -0.0337. The van der Waals surface area contributed by atoms with Gasteiger partial charge in [-0.25, -0.2) is 9.59 Å². The van der Waals surface area contributed by atoms with E-state index in [9.17, 15) is 30.0 Å². The minimum absolute atomic E-state index is 0.114. The molecule has 6 nitrogen and oxygen atoms in total. The van der Waals surface area contributed by atoms with Crippen molar-refractivity contribution in [3.8, 4) is 0 Å². The number of carboxylic acids is 2. The molecule has 4 N–H and O–H groups in total. The summed E-state index contributed by atoms with van der Waals surface area (Å²) < 4.78 is 0. The van der Waals surface area contributed by atoms with Crippen LogP contribution >= 0.6 is 0 Å². The Hall–Kier alpha value is -1.92. The summed E-state index contributed by atoms with van der Waals surface area (Å²) in [6, 6.07) is 2.50. The van der Waals surface area contributed by atoms with Gasteiger partial charge in [0.25, 0.3) is 0 Å². The number of benzene rings is 1. The molecule has 0 aromatic heterocycles. The van der Waals surface area contributed by atoms with Crippen LogP contribution in [0.15, 0.2) is 12.1 Å². The second kappa shape index (κ2) is 17.5. The highest BCUT2D eigenvalue weighted by atomic mass is 16.4. The van der Waals surface area contributed by atoms with Crippen molar-refractivity contribution in [3.63, 3.8) is 0 Å². The predicted molar refractivity (Wildman–Crippen MR) is 136 cm³/mol.